The maximum Gasteiger partial charge on any atom is 0.301 e. The minimum Gasteiger partial charge on any atom is -0.507 e. The number of aliphatic hydroxyl groups is 1. The van der Waals surface area contributed by atoms with Gasteiger partial charge in [-0.15, -0.1) is 0 Å². The molecule has 180 valence electrons. The second-order valence-corrected chi connectivity index (χ2v) is 9.63. The summed E-state index contributed by atoms with van der Waals surface area (Å²) in [4.78, 5) is 32.4. The number of benzene rings is 3. The van der Waals surface area contributed by atoms with Crippen molar-refractivity contribution in [3.63, 3.8) is 0 Å². The van der Waals surface area contributed by atoms with Gasteiger partial charge in [0.25, 0.3) is 5.78 Å². The highest BCUT2D eigenvalue weighted by molar-refractivity contribution is 7.22. The Labute approximate surface area is 213 Å². The van der Waals surface area contributed by atoms with Crippen molar-refractivity contribution in [1.29, 1.82) is 0 Å². The summed E-state index contributed by atoms with van der Waals surface area (Å²) in [6.07, 6.45) is 0. The first-order chi connectivity index (χ1) is 17.4. The fraction of sp³-hybridized carbons (Fsp3) is 0.115. The van der Waals surface area contributed by atoms with Crippen LogP contribution in [0.4, 0.5) is 9.52 Å². The molecule has 7 nitrogen and oxygen atoms in total. The van der Waals surface area contributed by atoms with Gasteiger partial charge in [-0.3, -0.25) is 14.5 Å². The second-order valence-electron chi connectivity index (χ2n) is 8.19. The molecule has 3 heterocycles. The largest absolute Gasteiger partial charge is 0.507 e. The van der Waals surface area contributed by atoms with Crippen LogP contribution >= 0.6 is 22.9 Å². The van der Waals surface area contributed by atoms with Gasteiger partial charge in [-0.2, -0.15) is 0 Å². The van der Waals surface area contributed by atoms with Gasteiger partial charge in [-0.1, -0.05) is 35.1 Å². The molecule has 4 aromatic rings. The smallest absolute Gasteiger partial charge is 0.301 e. The zero-order chi connectivity index (χ0) is 25.0. The number of halogens is 2. The number of aromatic nitrogens is 1. The molecule has 1 unspecified atom stereocenters. The Hall–Kier alpha value is -3.95. The predicted octanol–water partition coefficient (Wildman–Crippen LogP) is 5.49. The molecule has 2 aliphatic rings. The first kappa shape index (κ1) is 22.5. The number of hydrogen-bond donors (Lipinski definition) is 1. The van der Waals surface area contributed by atoms with Gasteiger partial charge in [0.05, 0.1) is 21.8 Å². The van der Waals surface area contributed by atoms with Crippen molar-refractivity contribution in [3.05, 3.63) is 88.2 Å². The van der Waals surface area contributed by atoms with Crippen LogP contribution in [-0.2, 0) is 9.59 Å². The molecule has 1 atom stereocenters. The third-order valence-electron chi connectivity index (χ3n) is 5.99. The van der Waals surface area contributed by atoms with Crippen LogP contribution in [0.1, 0.15) is 17.2 Å². The Balaban J connectivity index is 1.54. The number of aliphatic hydroxyl groups excluding tert-OH is 1. The summed E-state index contributed by atoms with van der Waals surface area (Å²) in [5.74, 6) is -1.57. The number of carbonyl (C=O) groups excluding carboxylic acids is 2. The molecule has 1 aromatic heterocycles. The minimum absolute atomic E-state index is 0.107. The lowest BCUT2D eigenvalue weighted by Gasteiger charge is -2.23. The van der Waals surface area contributed by atoms with Crippen LogP contribution in [0.2, 0.25) is 5.02 Å². The van der Waals surface area contributed by atoms with E-state index in [1.807, 2.05) is 0 Å². The fourth-order valence-corrected chi connectivity index (χ4v) is 5.47. The van der Waals surface area contributed by atoms with E-state index in [-0.39, 0.29) is 16.5 Å². The van der Waals surface area contributed by atoms with Crippen LogP contribution in [0.5, 0.6) is 11.5 Å². The molecule has 0 radical (unpaired) electrons. The number of ketones is 1. The molecule has 3 aromatic carbocycles. The molecule has 36 heavy (non-hydrogen) atoms. The standard InChI is InChI=1S/C26H16ClFN2O5S/c27-15-4-1-13(2-5-15)22-21(23(31)14-3-8-18-19(11-14)35-10-9-34-18)24(32)25(33)30(22)26-29-17-7-6-16(28)12-20(17)36-26/h1-8,11-12,22,31H,9-10H2/b23-21+. The number of amides is 1. The highest BCUT2D eigenvalue weighted by atomic mass is 35.5. The Kier molecular flexibility index (Phi) is 5.39. The first-order valence-corrected chi connectivity index (χ1v) is 12.1. The van der Waals surface area contributed by atoms with Crippen LogP contribution in [0, 0.1) is 5.82 Å². The number of hydrogen-bond acceptors (Lipinski definition) is 7. The zero-order valence-electron chi connectivity index (χ0n) is 18.4. The number of fused-ring (bicyclic) bond motifs is 2. The Bertz CT molecular complexity index is 1580. The van der Waals surface area contributed by atoms with E-state index in [9.17, 15) is 19.1 Å². The van der Waals surface area contributed by atoms with Crippen LogP contribution in [0.25, 0.3) is 16.0 Å². The van der Waals surface area contributed by atoms with Crippen molar-refractivity contribution in [3.8, 4) is 11.5 Å². The normalized spacial score (nSPS) is 18.7. The van der Waals surface area contributed by atoms with Gasteiger partial charge in [-0.25, -0.2) is 9.37 Å². The Morgan fingerprint density at radius 1 is 1.03 bits per heavy atom. The minimum atomic E-state index is -0.985. The fourth-order valence-electron chi connectivity index (χ4n) is 4.33. The summed E-state index contributed by atoms with van der Waals surface area (Å²) in [6, 6.07) is 14.5. The lowest BCUT2D eigenvalue weighted by atomic mass is 9.95. The number of rotatable bonds is 3. The summed E-state index contributed by atoms with van der Waals surface area (Å²) in [6.45, 7) is 0.761. The number of thiazole rings is 1. The summed E-state index contributed by atoms with van der Waals surface area (Å²) >= 11 is 7.16. The van der Waals surface area contributed by atoms with E-state index < -0.39 is 23.5 Å². The zero-order valence-corrected chi connectivity index (χ0v) is 20.0. The molecule has 1 fully saturated rings. The average molecular weight is 523 g/mol. The number of Topliss-reactive ketones (excluding diaryl/α,β-unsaturated/α-hetero) is 1. The molecule has 1 amide bonds. The van der Waals surface area contributed by atoms with Gasteiger partial charge in [0.15, 0.2) is 16.6 Å². The Morgan fingerprint density at radius 2 is 1.78 bits per heavy atom. The first-order valence-electron chi connectivity index (χ1n) is 10.9. The summed E-state index contributed by atoms with van der Waals surface area (Å²) in [5.41, 5.74) is 1.22. The Morgan fingerprint density at radius 3 is 2.56 bits per heavy atom. The second kappa shape index (κ2) is 8.61. The maximum absolute atomic E-state index is 13.8. The molecule has 0 saturated carbocycles. The average Bonchev–Trinajstić information content (AvgIpc) is 3.41. The third-order valence-corrected chi connectivity index (χ3v) is 7.26. The summed E-state index contributed by atoms with van der Waals surface area (Å²) < 4.78 is 25.5. The quantitative estimate of drug-likeness (QED) is 0.217. The van der Waals surface area contributed by atoms with Crippen molar-refractivity contribution in [1.82, 2.24) is 4.98 Å². The highest BCUT2D eigenvalue weighted by Crippen LogP contribution is 2.45. The van der Waals surface area contributed by atoms with Crippen LogP contribution in [0.15, 0.2) is 66.2 Å². The maximum atomic E-state index is 13.8. The van der Waals surface area contributed by atoms with Crippen molar-refractivity contribution in [2.24, 2.45) is 0 Å². The molecule has 0 spiro atoms. The molecular formula is C26H16ClFN2O5S. The number of nitrogens with zero attached hydrogens (tertiary/aromatic N) is 2. The van der Waals surface area contributed by atoms with Gasteiger partial charge in [-0.05, 0) is 54.1 Å². The van der Waals surface area contributed by atoms with Gasteiger partial charge in [0, 0.05) is 10.6 Å². The van der Waals surface area contributed by atoms with E-state index in [1.54, 1.807) is 42.5 Å². The molecule has 10 heteroatoms. The summed E-state index contributed by atoms with van der Waals surface area (Å²) in [5, 5.41) is 12.0. The third kappa shape index (κ3) is 3.68. The van der Waals surface area contributed by atoms with E-state index >= 15 is 0 Å². The molecule has 1 saturated heterocycles. The van der Waals surface area contributed by atoms with Gasteiger partial charge < -0.3 is 14.6 Å². The van der Waals surface area contributed by atoms with Crippen LogP contribution in [0.3, 0.4) is 0 Å². The number of ether oxygens (including phenoxy) is 2. The van der Waals surface area contributed by atoms with E-state index in [2.05, 4.69) is 4.98 Å². The molecule has 0 bridgehead atoms. The van der Waals surface area contributed by atoms with Crippen LogP contribution < -0.4 is 14.4 Å². The number of anilines is 1. The van der Waals surface area contributed by atoms with E-state index in [1.165, 1.54) is 23.1 Å². The topological polar surface area (TPSA) is 89.0 Å². The molecule has 6 rings (SSSR count). The molecule has 2 aliphatic heterocycles. The molecule has 1 N–H and O–H groups in total. The van der Waals surface area contributed by atoms with Gasteiger partial charge >= 0.3 is 5.91 Å². The monoisotopic (exact) mass is 522 g/mol. The van der Waals surface area contributed by atoms with E-state index in [4.69, 9.17) is 21.1 Å². The van der Waals surface area contributed by atoms with Crippen molar-refractivity contribution in [2.75, 3.05) is 18.1 Å². The van der Waals surface area contributed by atoms with Crippen molar-refractivity contribution < 1.29 is 28.6 Å². The summed E-state index contributed by atoms with van der Waals surface area (Å²) in [7, 11) is 0. The lowest BCUT2D eigenvalue weighted by molar-refractivity contribution is -0.132. The predicted molar refractivity (Wildman–Crippen MR) is 133 cm³/mol. The van der Waals surface area contributed by atoms with Crippen molar-refractivity contribution >= 4 is 55.7 Å². The lowest BCUT2D eigenvalue weighted by Crippen LogP contribution is -2.29. The van der Waals surface area contributed by atoms with E-state index in [0.29, 0.717) is 51.1 Å². The van der Waals surface area contributed by atoms with Gasteiger partial charge in [0.2, 0.25) is 0 Å². The highest BCUT2D eigenvalue weighted by Gasteiger charge is 2.48. The molecular weight excluding hydrogens is 507 g/mol. The van der Waals surface area contributed by atoms with E-state index in [0.717, 1.165) is 11.3 Å². The SMILES string of the molecule is O=C1C(=O)N(c2nc3ccc(F)cc3s2)C(c2ccc(Cl)cc2)/C1=C(\O)c1ccc2c(c1)OCCO2. The molecule has 0 aliphatic carbocycles. The van der Waals surface area contributed by atoms with Crippen LogP contribution in [-0.4, -0.2) is 35.0 Å². The van der Waals surface area contributed by atoms with Crippen molar-refractivity contribution in [2.45, 2.75) is 6.04 Å². The van der Waals surface area contributed by atoms with Gasteiger partial charge in [0.1, 0.15) is 24.8 Å². The number of carbonyl (C=O) groups is 2.